The van der Waals surface area contributed by atoms with Crippen molar-refractivity contribution < 1.29 is 4.74 Å². The van der Waals surface area contributed by atoms with Gasteiger partial charge in [0.05, 0.1) is 6.20 Å². The van der Waals surface area contributed by atoms with Gasteiger partial charge in [-0.3, -0.25) is 4.98 Å². The van der Waals surface area contributed by atoms with Crippen LogP contribution in [0.3, 0.4) is 0 Å². The molecule has 0 spiro atoms. The molecular formula is C21H27N3OS. The Hall–Kier alpha value is -2.14. The minimum Gasteiger partial charge on any atom is -0.486 e. The zero-order valence-corrected chi connectivity index (χ0v) is 16.0. The molecule has 0 bridgehead atoms. The lowest BCUT2D eigenvalue weighted by Gasteiger charge is -2.32. The Morgan fingerprint density at radius 1 is 1.31 bits per heavy atom. The third-order valence-corrected chi connectivity index (χ3v) is 5.20. The smallest absolute Gasteiger partial charge is 0.138 e. The van der Waals surface area contributed by atoms with Crippen molar-refractivity contribution in [1.29, 1.82) is 0 Å². The van der Waals surface area contributed by atoms with Crippen LogP contribution in [0.4, 0.5) is 5.69 Å². The van der Waals surface area contributed by atoms with E-state index in [1.807, 2.05) is 18.2 Å². The van der Waals surface area contributed by atoms with Crippen LogP contribution in [-0.4, -0.2) is 28.8 Å². The van der Waals surface area contributed by atoms with E-state index in [9.17, 15) is 0 Å². The van der Waals surface area contributed by atoms with Crippen LogP contribution in [-0.2, 0) is 13.0 Å². The second-order valence-corrected chi connectivity index (χ2v) is 7.23. The standard InChI is InChI=1S/C17H19N3O.C4H8S/c1-13(12-21-17-3-2-7-19-10-17)20-8-6-14-9-16(18)5-4-15(14)11-20;5-3-4-1-2-4/h2-5,7,9-10H,1,6,8,11-12,18H2;4-5H,1-3H2. The summed E-state index contributed by atoms with van der Waals surface area (Å²) in [5, 5.41) is 0. The molecule has 1 saturated carbocycles. The average molecular weight is 370 g/mol. The van der Waals surface area contributed by atoms with Crippen LogP contribution in [0.25, 0.3) is 0 Å². The maximum Gasteiger partial charge on any atom is 0.138 e. The Kier molecular flexibility index (Phi) is 6.45. The molecule has 1 aliphatic heterocycles. The summed E-state index contributed by atoms with van der Waals surface area (Å²) in [4.78, 5) is 6.29. The molecule has 2 N–H and O–H groups in total. The fourth-order valence-electron chi connectivity index (χ4n) is 2.83. The van der Waals surface area contributed by atoms with Gasteiger partial charge in [-0.1, -0.05) is 12.6 Å². The summed E-state index contributed by atoms with van der Waals surface area (Å²) in [7, 11) is 0. The molecule has 1 aromatic heterocycles. The molecule has 2 aromatic rings. The molecule has 0 amide bonds. The fraction of sp³-hybridized carbons (Fsp3) is 0.381. The minimum atomic E-state index is 0.482. The average Bonchev–Trinajstić information content (AvgIpc) is 3.51. The van der Waals surface area contributed by atoms with Crippen LogP contribution in [0.2, 0.25) is 0 Å². The van der Waals surface area contributed by atoms with Crippen molar-refractivity contribution >= 4 is 18.3 Å². The molecule has 5 heteroatoms. The number of nitrogens with two attached hydrogens (primary N) is 1. The van der Waals surface area contributed by atoms with E-state index in [2.05, 4.69) is 41.2 Å². The monoisotopic (exact) mass is 369 g/mol. The lowest BCUT2D eigenvalue weighted by molar-refractivity contribution is 0.254. The first-order valence-electron chi connectivity index (χ1n) is 9.09. The summed E-state index contributed by atoms with van der Waals surface area (Å²) in [5.41, 5.74) is 10.3. The molecule has 26 heavy (non-hydrogen) atoms. The quantitative estimate of drug-likeness (QED) is 0.619. The molecule has 4 nitrogen and oxygen atoms in total. The Balaban J connectivity index is 0.000000339. The third kappa shape index (κ3) is 5.43. The molecule has 0 atom stereocenters. The van der Waals surface area contributed by atoms with E-state index in [0.717, 1.165) is 48.3 Å². The van der Waals surface area contributed by atoms with Crippen molar-refractivity contribution in [3.05, 3.63) is 66.1 Å². The zero-order chi connectivity index (χ0) is 18.4. The zero-order valence-electron chi connectivity index (χ0n) is 15.1. The number of ether oxygens (including phenoxy) is 1. The number of pyridine rings is 1. The van der Waals surface area contributed by atoms with Crippen LogP contribution >= 0.6 is 12.6 Å². The molecular weight excluding hydrogens is 342 g/mol. The van der Waals surface area contributed by atoms with Crippen molar-refractivity contribution in [1.82, 2.24) is 9.88 Å². The first kappa shape index (κ1) is 18.6. The topological polar surface area (TPSA) is 51.4 Å². The van der Waals surface area contributed by atoms with Gasteiger partial charge in [-0.2, -0.15) is 12.6 Å². The van der Waals surface area contributed by atoms with Crippen molar-refractivity contribution in [2.24, 2.45) is 5.92 Å². The number of thiol groups is 1. The first-order chi connectivity index (χ1) is 12.7. The largest absolute Gasteiger partial charge is 0.486 e. The Morgan fingerprint density at radius 2 is 2.15 bits per heavy atom. The number of fused-ring (bicyclic) bond motifs is 1. The highest BCUT2D eigenvalue weighted by Crippen LogP contribution is 2.29. The number of hydrogen-bond donors (Lipinski definition) is 2. The number of hydrogen-bond acceptors (Lipinski definition) is 5. The van der Waals surface area contributed by atoms with Gasteiger partial charge in [0.15, 0.2) is 0 Å². The van der Waals surface area contributed by atoms with Crippen LogP contribution in [0.1, 0.15) is 24.0 Å². The highest BCUT2D eigenvalue weighted by Gasteiger charge is 2.18. The van der Waals surface area contributed by atoms with Crippen molar-refractivity contribution in [3.63, 3.8) is 0 Å². The summed E-state index contributed by atoms with van der Waals surface area (Å²) in [6.45, 7) is 6.44. The predicted octanol–water partition coefficient (Wildman–Crippen LogP) is 3.94. The Bertz CT molecular complexity index is 731. The molecule has 1 aromatic carbocycles. The maximum absolute atomic E-state index is 5.83. The number of benzene rings is 1. The van der Waals surface area contributed by atoms with Gasteiger partial charge in [-0.05, 0) is 66.3 Å². The number of anilines is 1. The van der Waals surface area contributed by atoms with Crippen LogP contribution in [0, 0.1) is 5.92 Å². The number of rotatable bonds is 5. The Morgan fingerprint density at radius 3 is 2.81 bits per heavy atom. The van der Waals surface area contributed by atoms with Gasteiger partial charge in [-0.25, -0.2) is 0 Å². The minimum absolute atomic E-state index is 0.482. The first-order valence-corrected chi connectivity index (χ1v) is 9.72. The molecule has 2 aliphatic rings. The van der Waals surface area contributed by atoms with Crippen molar-refractivity contribution in [3.8, 4) is 5.75 Å². The second-order valence-electron chi connectivity index (χ2n) is 6.87. The molecule has 2 heterocycles. The normalized spacial score (nSPS) is 15.5. The SMILES string of the molecule is C=C(COc1cccnc1)N1CCc2cc(N)ccc2C1.SCC1CC1. The lowest BCUT2D eigenvalue weighted by atomic mass is 9.99. The van der Waals surface area contributed by atoms with Crippen LogP contribution < -0.4 is 10.5 Å². The highest BCUT2D eigenvalue weighted by molar-refractivity contribution is 7.80. The lowest BCUT2D eigenvalue weighted by Crippen LogP contribution is -2.31. The van der Waals surface area contributed by atoms with E-state index in [1.165, 1.54) is 24.0 Å². The van der Waals surface area contributed by atoms with Crippen molar-refractivity contribution in [2.45, 2.75) is 25.8 Å². The number of nitrogen functional groups attached to an aromatic ring is 1. The van der Waals surface area contributed by atoms with E-state index in [0.29, 0.717) is 6.61 Å². The molecule has 138 valence electrons. The van der Waals surface area contributed by atoms with E-state index >= 15 is 0 Å². The molecule has 0 saturated heterocycles. The van der Waals surface area contributed by atoms with E-state index in [1.54, 1.807) is 12.4 Å². The van der Waals surface area contributed by atoms with Gasteiger partial charge in [0.2, 0.25) is 0 Å². The fourth-order valence-corrected chi connectivity index (χ4v) is 3.20. The van der Waals surface area contributed by atoms with Gasteiger partial charge in [0.25, 0.3) is 0 Å². The summed E-state index contributed by atoms with van der Waals surface area (Å²) < 4.78 is 5.70. The number of aromatic nitrogens is 1. The summed E-state index contributed by atoms with van der Waals surface area (Å²) in [5.74, 6) is 2.88. The summed E-state index contributed by atoms with van der Waals surface area (Å²) >= 11 is 4.08. The van der Waals surface area contributed by atoms with E-state index in [4.69, 9.17) is 10.5 Å². The highest BCUT2D eigenvalue weighted by atomic mass is 32.1. The third-order valence-electron chi connectivity index (χ3n) is 4.68. The summed E-state index contributed by atoms with van der Waals surface area (Å²) in [6, 6.07) is 9.89. The van der Waals surface area contributed by atoms with Gasteiger partial charge in [0.1, 0.15) is 12.4 Å². The van der Waals surface area contributed by atoms with Gasteiger partial charge >= 0.3 is 0 Å². The van der Waals surface area contributed by atoms with Crippen LogP contribution in [0.15, 0.2) is 55.0 Å². The Labute approximate surface area is 161 Å². The number of nitrogens with zero attached hydrogens (tertiary/aromatic N) is 2. The molecule has 0 unspecified atom stereocenters. The van der Waals surface area contributed by atoms with Gasteiger partial charge < -0.3 is 15.4 Å². The van der Waals surface area contributed by atoms with Gasteiger partial charge in [0, 0.05) is 30.7 Å². The maximum atomic E-state index is 5.83. The second kappa shape index (κ2) is 8.99. The summed E-state index contributed by atoms with van der Waals surface area (Å²) in [6.07, 6.45) is 7.30. The van der Waals surface area contributed by atoms with E-state index < -0.39 is 0 Å². The van der Waals surface area contributed by atoms with Crippen molar-refractivity contribution in [2.75, 3.05) is 24.6 Å². The molecule has 0 radical (unpaired) electrons. The molecule has 1 fully saturated rings. The van der Waals surface area contributed by atoms with Crippen LogP contribution in [0.5, 0.6) is 5.75 Å². The van der Waals surface area contributed by atoms with Gasteiger partial charge in [-0.15, -0.1) is 0 Å². The molecule has 4 rings (SSSR count). The van der Waals surface area contributed by atoms with E-state index in [-0.39, 0.29) is 0 Å². The molecule has 1 aliphatic carbocycles. The predicted molar refractivity (Wildman–Crippen MR) is 110 cm³/mol.